The zero-order valence-corrected chi connectivity index (χ0v) is 22.5. The molecule has 0 bridgehead atoms. The molecule has 0 saturated carbocycles. The van der Waals surface area contributed by atoms with Crippen LogP contribution in [0.25, 0.3) is 0 Å². The van der Waals surface area contributed by atoms with Gasteiger partial charge in [0.05, 0.1) is 0 Å². The van der Waals surface area contributed by atoms with Crippen molar-refractivity contribution in [3.05, 3.63) is 115 Å². The molecule has 0 aliphatic heterocycles. The monoisotopic (exact) mass is 496 g/mol. The summed E-state index contributed by atoms with van der Waals surface area (Å²) in [4.78, 5) is 0. The van der Waals surface area contributed by atoms with E-state index in [1.165, 1.54) is 0 Å². The van der Waals surface area contributed by atoms with Crippen LogP contribution in [0.3, 0.4) is 0 Å². The van der Waals surface area contributed by atoms with Gasteiger partial charge >= 0.3 is 0 Å². The summed E-state index contributed by atoms with van der Waals surface area (Å²) in [5, 5.41) is 42.0. The van der Waals surface area contributed by atoms with Gasteiger partial charge in [-0.25, -0.2) is 0 Å². The number of hydrogen-bond acceptors (Lipinski definition) is 4. The molecule has 0 aliphatic carbocycles. The first-order chi connectivity index (χ1) is 17.4. The van der Waals surface area contributed by atoms with Gasteiger partial charge in [0.1, 0.15) is 23.0 Å². The molecular weight excluding hydrogens is 460 g/mol. The van der Waals surface area contributed by atoms with Crippen LogP contribution in [0.1, 0.15) is 66.8 Å². The Hall–Kier alpha value is -3.92. The van der Waals surface area contributed by atoms with E-state index in [0.717, 1.165) is 66.8 Å². The molecule has 0 fully saturated rings. The molecule has 0 radical (unpaired) electrons. The SMILES string of the molecule is Cc1cc(Cc2cc(Cc3cc(C)c(O)c(C)c3)c(O)c(Cc3cc(C)c(O)c(C)c3)c2)cc(C)c1O. The van der Waals surface area contributed by atoms with E-state index in [9.17, 15) is 20.4 Å². The molecule has 0 heterocycles. The highest BCUT2D eigenvalue weighted by Crippen LogP contribution is 2.34. The average Bonchev–Trinajstić information content (AvgIpc) is 2.82. The van der Waals surface area contributed by atoms with Crippen molar-refractivity contribution in [2.75, 3.05) is 0 Å². The molecule has 0 aliphatic rings. The Labute approximate surface area is 219 Å². The van der Waals surface area contributed by atoms with E-state index in [1.54, 1.807) is 0 Å². The van der Waals surface area contributed by atoms with Crippen molar-refractivity contribution in [2.45, 2.75) is 60.8 Å². The molecule has 0 aromatic heterocycles. The van der Waals surface area contributed by atoms with Crippen LogP contribution in [0.4, 0.5) is 0 Å². The largest absolute Gasteiger partial charge is 0.507 e. The second kappa shape index (κ2) is 10.2. The number of phenolic OH excluding ortho intramolecular Hbond substituents is 4. The van der Waals surface area contributed by atoms with Gasteiger partial charge < -0.3 is 20.4 Å². The summed E-state index contributed by atoms with van der Waals surface area (Å²) in [7, 11) is 0. The van der Waals surface area contributed by atoms with Gasteiger partial charge in [-0.1, -0.05) is 48.5 Å². The van der Waals surface area contributed by atoms with Gasteiger partial charge in [-0.2, -0.15) is 0 Å². The highest BCUT2D eigenvalue weighted by atomic mass is 16.3. The number of benzene rings is 4. The highest BCUT2D eigenvalue weighted by Gasteiger charge is 2.15. The Morgan fingerprint density at radius 2 is 0.595 bits per heavy atom. The lowest BCUT2D eigenvalue weighted by Gasteiger charge is -2.16. The molecule has 4 aromatic carbocycles. The minimum absolute atomic E-state index is 0.272. The fourth-order valence-corrected chi connectivity index (χ4v) is 5.32. The van der Waals surface area contributed by atoms with E-state index in [0.29, 0.717) is 36.5 Å². The van der Waals surface area contributed by atoms with E-state index in [1.807, 2.05) is 77.9 Å². The number of aryl methyl sites for hydroxylation is 6. The average molecular weight is 497 g/mol. The zero-order valence-electron chi connectivity index (χ0n) is 22.5. The lowest BCUT2D eigenvalue weighted by molar-refractivity contribution is 0.462. The first-order valence-electron chi connectivity index (χ1n) is 12.6. The molecule has 4 N–H and O–H groups in total. The molecule has 4 rings (SSSR count). The maximum Gasteiger partial charge on any atom is 0.122 e. The topological polar surface area (TPSA) is 80.9 Å². The van der Waals surface area contributed by atoms with Crippen LogP contribution in [0.15, 0.2) is 48.5 Å². The molecule has 0 spiro atoms. The van der Waals surface area contributed by atoms with Crippen LogP contribution in [-0.2, 0) is 19.3 Å². The maximum absolute atomic E-state index is 11.4. The molecule has 4 nitrogen and oxygen atoms in total. The van der Waals surface area contributed by atoms with Gasteiger partial charge in [0, 0.05) is 12.8 Å². The Morgan fingerprint density at radius 3 is 0.892 bits per heavy atom. The summed E-state index contributed by atoms with van der Waals surface area (Å²) in [6.07, 6.45) is 1.75. The van der Waals surface area contributed by atoms with E-state index < -0.39 is 0 Å². The zero-order chi connectivity index (χ0) is 27.0. The van der Waals surface area contributed by atoms with E-state index in [-0.39, 0.29) is 5.75 Å². The summed E-state index contributed by atoms with van der Waals surface area (Å²) in [6, 6.07) is 16.0. The van der Waals surface area contributed by atoms with Crippen molar-refractivity contribution < 1.29 is 20.4 Å². The summed E-state index contributed by atoms with van der Waals surface area (Å²) < 4.78 is 0. The third-order valence-electron chi connectivity index (χ3n) is 7.18. The standard InChI is InChI=1S/C33H36O4/c1-18-7-24(8-19(2)30(18)34)13-27-16-28(14-25-9-20(3)31(35)21(4)10-25)33(37)29(17-27)15-26-11-22(5)32(36)23(6)12-26/h7-12,16-17,34-37H,13-15H2,1-6H3. The van der Waals surface area contributed by atoms with Gasteiger partial charge in [-0.3, -0.25) is 0 Å². The van der Waals surface area contributed by atoms with Crippen LogP contribution in [0, 0.1) is 41.5 Å². The molecule has 0 amide bonds. The summed E-state index contributed by atoms with van der Waals surface area (Å²) >= 11 is 0. The van der Waals surface area contributed by atoms with Crippen molar-refractivity contribution in [3.8, 4) is 23.0 Å². The second-order valence-corrected chi connectivity index (χ2v) is 10.5. The summed E-state index contributed by atoms with van der Waals surface area (Å²) in [5.41, 5.74) is 10.8. The lowest BCUT2D eigenvalue weighted by Crippen LogP contribution is -2.00. The van der Waals surface area contributed by atoms with E-state index in [2.05, 4.69) is 12.1 Å². The number of phenols is 4. The Kier molecular flexibility index (Phi) is 7.22. The summed E-state index contributed by atoms with van der Waals surface area (Å²) in [6.45, 7) is 11.4. The van der Waals surface area contributed by atoms with Gasteiger partial charge in [0.2, 0.25) is 0 Å². The maximum atomic E-state index is 11.4. The minimum Gasteiger partial charge on any atom is -0.507 e. The quantitative estimate of drug-likeness (QED) is 0.229. The molecule has 0 saturated heterocycles. The van der Waals surface area contributed by atoms with Crippen LogP contribution in [0.5, 0.6) is 23.0 Å². The first-order valence-corrected chi connectivity index (χ1v) is 12.6. The molecular formula is C33H36O4. The van der Waals surface area contributed by atoms with Crippen molar-refractivity contribution in [1.82, 2.24) is 0 Å². The van der Waals surface area contributed by atoms with Crippen LogP contribution < -0.4 is 0 Å². The fraction of sp³-hybridized carbons (Fsp3) is 0.273. The molecule has 0 unspecified atom stereocenters. The van der Waals surface area contributed by atoms with Crippen LogP contribution in [0.2, 0.25) is 0 Å². The molecule has 4 heteroatoms. The number of aromatic hydroxyl groups is 4. The Balaban J connectivity index is 1.79. The molecule has 4 aromatic rings. The summed E-state index contributed by atoms with van der Waals surface area (Å²) in [5.74, 6) is 1.21. The van der Waals surface area contributed by atoms with Gasteiger partial charge in [-0.15, -0.1) is 0 Å². The first kappa shape index (κ1) is 26.2. The predicted octanol–water partition coefficient (Wildman–Crippen LogP) is 7.13. The lowest BCUT2D eigenvalue weighted by atomic mass is 9.91. The van der Waals surface area contributed by atoms with Gasteiger partial charge in [-0.05, 0) is 115 Å². The molecule has 37 heavy (non-hydrogen) atoms. The van der Waals surface area contributed by atoms with Gasteiger partial charge in [0.25, 0.3) is 0 Å². The fourth-order valence-electron chi connectivity index (χ4n) is 5.32. The van der Waals surface area contributed by atoms with Crippen molar-refractivity contribution in [3.63, 3.8) is 0 Å². The van der Waals surface area contributed by atoms with E-state index in [4.69, 9.17) is 0 Å². The van der Waals surface area contributed by atoms with Crippen LogP contribution in [-0.4, -0.2) is 20.4 Å². The smallest absolute Gasteiger partial charge is 0.122 e. The molecule has 0 atom stereocenters. The minimum atomic E-state index is 0.272. The molecule has 192 valence electrons. The van der Waals surface area contributed by atoms with E-state index >= 15 is 0 Å². The third kappa shape index (κ3) is 5.59. The number of hydrogen-bond donors (Lipinski definition) is 4. The Morgan fingerprint density at radius 1 is 0.351 bits per heavy atom. The highest BCUT2D eigenvalue weighted by molar-refractivity contribution is 5.52. The van der Waals surface area contributed by atoms with Crippen molar-refractivity contribution in [1.29, 1.82) is 0 Å². The number of rotatable bonds is 6. The third-order valence-corrected chi connectivity index (χ3v) is 7.18. The van der Waals surface area contributed by atoms with Crippen LogP contribution >= 0.6 is 0 Å². The predicted molar refractivity (Wildman–Crippen MR) is 149 cm³/mol. The Bertz CT molecular complexity index is 1350. The van der Waals surface area contributed by atoms with Gasteiger partial charge in [0.15, 0.2) is 0 Å². The normalized spacial score (nSPS) is 11.2. The van der Waals surface area contributed by atoms with Crippen molar-refractivity contribution >= 4 is 0 Å². The second-order valence-electron chi connectivity index (χ2n) is 10.5. The van der Waals surface area contributed by atoms with Crippen molar-refractivity contribution in [2.24, 2.45) is 0 Å².